The van der Waals surface area contributed by atoms with Crippen molar-refractivity contribution in [2.45, 2.75) is 57.4 Å². The zero-order valence-corrected chi connectivity index (χ0v) is 18.8. The van der Waals surface area contributed by atoms with E-state index in [0.29, 0.717) is 24.8 Å². The molecule has 1 aliphatic carbocycles. The molecule has 0 radical (unpaired) electrons. The molecule has 7 nitrogen and oxygen atoms in total. The number of hydrogen-bond donors (Lipinski definition) is 2. The summed E-state index contributed by atoms with van der Waals surface area (Å²) >= 11 is 0. The Hall–Kier alpha value is -2.54. The third-order valence-electron chi connectivity index (χ3n) is 6.65. The van der Waals surface area contributed by atoms with Crippen LogP contribution < -0.4 is 10.2 Å². The third kappa shape index (κ3) is 4.42. The molecule has 2 aromatic rings. The third-order valence-corrected chi connectivity index (χ3v) is 6.65. The first kappa shape index (κ1) is 21.7. The number of carboxylic acids is 1. The van der Waals surface area contributed by atoms with E-state index in [0.717, 1.165) is 61.6 Å². The van der Waals surface area contributed by atoms with Crippen LogP contribution in [0.2, 0.25) is 0 Å². The van der Waals surface area contributed by atoms with Gasteiger partial charge in [-0.05, 0) is 49.3 Å². The van der Waals surface area contributed by atoms with Crippen LogP contribution in [0, 0.1) is 5.92 Å². The predicted molar refractivity (Wildman–Crippen MR) is 122 cm³/mol. The average Bonchev–Trinajstić information content (AvgIpc) is 3.11. The number of carboxylic acid groups (broad SMARTS) is 1. The molecule has 168 valence electrons. The number of aryl methyl sites for hydroxylation is 1. The van der Waals surface area contributed by atoms with Crippen molar-refractivity contribution in [2.75, 3.05) is 30.0 Å². The molecule has 31 heavy (non-hydrogen) atoms. The molecule has 2 heterocycles. The van der Waals surface area contributed by atoms with Gasteiger partial charge in [-0.1, -0.05) is 26.3 Å². The summed E-state index contributed by atoms with van der Waals surface area (Å²) in [5.74, 6) is -0.215. The van der Waals surface area contributed by atoms with Crippen LogP contribution in [0.4, 0.5) is 17.1 Å². The maximum Gasteiger partial charge on any atom is 0.314 e. The van der Waals surface area contributed by atoms with Crippen molar-refractivity contribution in [3.63, 3.8) is 0 Å². The molecule has 1 aromatic carbocycles. The Morgan fingerprint density at radius 3 is 2.65 bits per heavy atom. The second kappa shape index (κ2) is 8.91. The van der Waals surface area contributed by atoms with Crippen LogP contribution in [-0.4, -0.2) is 46.7 Å². The lowest BCUT2D eigenvalue weighted by Crippen LogP contribution is -2.43. The summed E-state index contributed by atoms with van der Waals surface area (Å²) in [6, 6.07) is 6.62. The number of nitrogens with one attached hydrogen (secondary N) is 1. The van der Waals surface area contributed by atoms with Crippen LogP contribution in [0.1, 0.15) is 51.5 Å². The minimum Gasteiger partial charge on any atom is -0.481 e. The maximum absolute atomic E-state index is 12.1. The smallest absolute Gasteiger partial charge is 0.314 e. The van der Waals surface area contributed by atoms with Crippen molar-refractivity contribution in [3.05, 3.63) is 36.2 Å². The molecule has 0 unspecified atom stereocenters. The van der Waals surface area contributed by atoms with Gasteiger partial charge in [-0.15, -0.1) is 0 Å². The normalized spacial score (nSPS) is 18.6. The minimum atomic E-state index is -0.758. The van der Waals surface area contributed by atoms with E-state index in [-0.39, 0.29) is 0 Å². The molecule has 2 aliphatic rings. The number of benzene rings is 1. The fourth-order valence-corrected chi connectivity index (χ4v) is 4.82. The standard InChI is InChI=1S/C24H34N4O3/c1-17(2)15-28(20-7-11-31-12-8-20)22-6-5-18(24(23(29)30)9-4-10-24)13-21(22)26-19-14-25-27(3)16-19/h5-6,13-14,16-17,20,26H,4,7-12,15H2,1-3H3,(H,29,30). The summed E-state index contributed by atoms with van der Waals surface area (Å²) < 4.78 is 7.38. The van der Waals surface area contributed by atoms with Gasteiger partial charge < -0.3 is 20.1 Å². The molecule has 7 heteroatoms. The van der Waals surface area contributed by atoms with E-state index >= 15 is 0 Å². The number of ether oxygens (including phenoxy) is 1. The van der Waals surface area contributed by atoms with E-state index in [4.69, 9.17) is 4.74 Å². The monoisotopic (exact) mass is 426 g/mol. The van der Waals surface area contributed by atoms with E-state index in [9.17, 15) is 9.90 Å². The highest BCUT2D eigenvalue weighted by molar-refractivity contribution is 5.85. The topological polar surface area (TPSA) is 79.6 Å². The maximum atomic E-state index is 12.1. The van der Waals surface area contributed by atoms with Gasteiger partial charge in [0.2, 0.25) is 0 Å². The van der Waals surface area contributed by atoms with Gasteiger partial charge in [-0.2, -0.15) is 5.10 Å². The summed E-state index contributed by atoms with van der Waals surface area (Å²) in [4.78, 5) is 14.6. The lowest BCUT2D eigenvalue weighted by Gasteiger charge is -2.41. The Morgan fingerprint density at radius 2 is 2.10 bits per heavy atom. The van der Waals surface area contributed by atoms with Gasteiger partial charge >= 0.3 is 5.97 Å². The highest BCUT2D eigenvalue weighted by Crippen LogP contribution is 2.46. The zero-order chi connectivity index (χ0) is 22.0. The molecule has 1 aliphatic heterocycles. The van der Waals surface area contributed by atoms with Gasteiger partial charge in [0, 0.05) is 39.0 Å². The summed E-state index contributed by atoms with van der Waals surface area (Å²) in [5, 5.41) is 17.8. The van der Waals surface area contributed by atoms with E-state index in [1.54, 1.807) is 10.9 Å². The molecule has 2 N–H and O–H groups in total. The van der Waals surface area contributed by atoms with E-state index < -0.39 is 11.4 Å². The molecular weight excluding hydrogens is 392 g/mol. The number of nitrogens with zero attached hydrogens (tertiary/aromatic N) is 3. The second-order valence-corrected chi connectivity index (χ2v) is 9.39. The summed E-state index contributed by atoms with van der Waals surface area (Å²) in [6.07, 6.45) is 8.09. The number of anilines is 3. The van der Waals surface area contributed by atoms with Gasteiger partial charge in [0.05, 0.1) is 28.7 Å². The largest absolute Gasteiger partial charge is 0.481 e. The Balaban J connectivity index is 1.76. The first-order valence-corrected chi connectivity index (χ1v) is 11.4. The highest BCUT2D eigenvalue weighted by atomic mass is 16.5. The fraction of sp³-hybridized carbons (Fsp3) is 0.583. The summed E-state index contributed by atoms with van der Waals surface area (Å²) in [5.41, 5.74) is 3.09. The fourth-order valence-electron chi connectivity index (χ4n) is 4.82. The van der Waals surface area contributed by atoms with Gasteiger partial charge in [0.1, 0.15) is 0 Å². The number of carbonyl (C=O) groups is 1. The van der Waals surface area contributed by atoms with E-state index in [2.05, 4.69) is 41.3 Å². The zero-order valence-electron chi connectivity index (χ0n) is 18.8. The molecular formula is C24H34N4O3. The van der Waals surface area contributed by atoms with Crippen molar-refractivity contribution in [1.29, 1.82) is 0 Å². The van der Waals surface area contributed by atoms with Crippen molar-refractivity contribution >= 4 is 23.0 Å². The summed E-state index contributed by atoms with van der Waals surface area (Å²) in [7, 11) is 1.89. The minimum absolute atomic E-state index is 0.411. The van der Waals surface area contributed by atoms with Crippen molar-refractivity contribution in [1.82, 2.24) is 9.78 Å². The average molecular weight is 427 g/mol. The molecule has 1 saturated carbocycles. The van der Waals surface area contributed by atoms with Gasteiger partial charge in [-0.3, -0.25) is 9.48 Å². The summed E-state index contributed by atoms with van der Waals surface area (Å²) in [6.45, 7) is 6.98. The Labute approximate surface area is 184 Å². The molecule has 2 fully saturated rings. The number of rotatable bonds is 8. The SMILES string of the molecule is CC(C)CN(c1ccc(C2(C(=O)O)CCC2)cc1Nc1cnn(C)c1)C1CCOCC1. The number of aromatic nitrogens is 2. The number of aliphatic carboxylic acids is 1. The van der Waals surface area contributed by atoms with Crippen molar-refractivity contribution < 1.29 is 14.6 Å². The number of hydrogen-bond acceptors (Lipinski definition) is 5. The Morgan fingerprint density at radius 1 is 1.35 bits per heavy atom. The molecule has 0 bridgehead atoms. The van der Waals surface area contributed by atoms with Crippen LogP contribution in [0.25, 0.3) is 0 Å². The van der Waals surface area contributed by atoms with Crippen molar-refractivity contribution in [2.24, 2.45) is 13.0 Å². The van der Waals surface area contributed by atoms with E-state index in [1.165, 1.54) is 0 Å². The van der Waals surface area contributed by atoms with Crippen LogP contribution in [0.5, 0.6) is 0 Å². The molecule has 1 saturated heterocycles. The Kier molecular flexibility index (Phi) is 6.23. The van der Waals surface area contributed by atoms with Gasteiger partial charge in [0.25, 0.3) is 0 Å². The van der Waals surface area contributed by atoms with Crippen LogP contribution in [-0.2, 0) is 22.0 Å². The van der Waals surface area contributed by atoms with Crippen LogP contribution in [0.15, 0.2) is 30.6 Å². The van der Waals surface area contributed by atoms with Crippen molar-refractivity contribution in [3.8, 4) is 0 Å². The van der Waals surface area contributed by atoms with Crippen LogP contribution in [0.3, 0.4) is 0 Å². The molecule has 0 amide bonds. The predicted octanol–water partition coefficient (Wildman–Crippen LogP) is 4.31. The quantitative estimate of drug-likeness (QED) is 0.655. The van der Waals surface area contributed by atoms with E-state index in [1.807, 2.05) is 19.3 Å². The molecule has 1 aromatic heterocycles. The Bertz CT molecular complexity index is 913. The second-order valence-electron chi connectivity index (χ2n) is 9.39. The lowest BCUT2D eigenvalue weighted by molar-refractivity contribution is -0.147. The van der Waals surface area contributed by atoms with Gasteiger partial charge in [-0.25, -0.2) is 0 Å². The lowest BCUT2D eigenvalue weighted by atomic mass is 9.64. The highest BCUT2D eigenvalue weighted by Gasteiger charge is 2.46. The molecule has 4 rings (SSSR count). The first-order chi connectivity index (χ1) is 14.9. The van der Waals surface area contributed by atoms with Crippen LogP contribution >= 0.6 is 0 Å². The van der Waals surface area contributed by atoms with Gasteiger partial charge in [0.15, 0.2) is 0 Å². The first-order valence-electron chi connectivity index (χ1n) is 11.4. The molecule has 0 atom stereocenters. The molecule has 0 spiro atoms.